The van der Waals surface area contributed by atoms with E-state index in [0.717, 1.165) is 6.42 Å². The molecule has 18 heavy (non-hydrogen) atoms. The lowest BCUT2D eigenvalue weighted by molar-refractivity contribution is -0.132. The van der Waals surface area contributed by atoms with Crippen molar-refractivity contribution in [3.8, 4) is 0 Å². The molecule has 0 saturated heterocycles. The van der Waals surface area contributed by atoms with Crippen molar-refractivity contribution in [3.63, 3.8) is 0 Å². The zero-order valence-electron chi connectivity index (χ0n) is 11.0. The summed E-state index contributed by atoms with van der Waals surface area (Å²) < 4.78 is 0. The molecule has 1 amide bonds. The molecule has 0 aliphatic rings. The van der Waals surface area contributed by atoms with Crippen molar-refractivity contribution in [1.82, 2.24) is 4.90 Å². The molecule has 1 aromatic carbocycles. The average molecular weight is 246 g/mol. The number of nitrogens with two attached hydrogens (primary N) is 1. The first-order valence-electron chi connectivity index (χ1n) is 6.38. The lowest BCUT2D eigenvalue weighted by Crippen LogP contribution is -2.44. The first-order valence-corrected chi connectivity index (χ1v) is 6.38. The number of carbonyl (C=O) groups excluding carboxylic acids is 1. The molecule has 2 N–H and O–H groups in total. The number of likely N-dealkylation sites (N-methyl/N-ethyl adjacent to an activating group) is 1. The Labute approximate surface area is 109 Å². The maximum absolute atomic E-state index is 12.0. The largest absolute Gasteiger partial charge is 0.341 e. The van der Waals surface area contributed by atoms with E-state index in [1.165, 1.54) is 5.56 Å². The Hall–Kier alpha value is -1.61. The van der Waals surface area contributed by atoms with Gasteiger partial charge in [-0.25, -0.2) is 0 Å². The van der Waals surface area contributed by atoms with Gasteiger partial charge >= 0.3 is 0 Å². The van der Waals surface area contributed by atoms with Crippen molar-refractivity contribution >= 4 is 5.91 Å². The lowest BCUT2D eigenvalue weighted by atomic mass is 10.1. The van der Waals surface area contributed by atoms with Crippen LogP contribution in [0.3, 0.4) is 0 Å². The molecule has 0 aliphatic carbocycles. The van der Waals surface area contributed by atoms with Gasteiger partial charge in [0.05, 0.1) is 6.04 Å². The summed E-state index contributed by atoms with van der Waals surface area (Å²) in [5, 5.41) is 0. The van der Waals surface area contributed by atoms with E-state index in [9.17, 15) is 4.79 Å². The van der Waals surface area contributed by atoms with Crippen molar-refractivity contribution < 1.29 is 4.79 Å². The quantitative estimate of drug-likeness (QED) is 0.748. The molecule has 3 heteroatoms. The second-order valence-corrected chi connectivity index (χ2v) is 4.28. The molecule has 0 saturated carbocycles. The Morgan fingerprint density at radius 2 is 2.11 bits per heavy atom. The molecule has 0 spiro atoms. The number of amides is 1. The van der Waals surface area contributed by atoms with E-state index >= 15 is 0 Å². The predicted molar refractivity (Wildman–Crippen MR) is 75.2 cm³/mol. The van der Waals surface area contributed by atoms with Gasteiger partial charge in [-0.2, -0.15) is 0 Å². The first-order chi connectivity index (χ1) is 8.69. The number of benzene rings is 1. The Morgan fingerprint density at radius 3 is 2.67 bits per heavy atom. The Kier molecular flexibility index (Phi) is 6.15. The van der Waals surface area contributed by atoms with E-state index in [4.69, 9.17) is 5.73 Å². The van der Waals surface area contributed by atoms with Crippen molar-refractivity contribution in [1.29, 1.82) is 0 Å². The summed E-state index contributed by atoms with van der Waals surface area (Å²) in [4.78, 5) is 13.8. The van der Waals surface area contributed by atoms with Gasteiger partial charge < -0.3 is 10.6 Å². The second kappa shape index (κ2) is 7.67. The van der Waals surface area contributed by atoms with Gasteiger partial charge in [-0.1, -0.05) is 36.4 Å². The topological polar surface area (TPSA) is 46.3 Å². The Morgan fingerprint density at radius 1 is 1.44 bits per heavy atom. The van der Waals surface area contributed by atoms with Crippen LogP contribution in [0.1, 0.15) is 18.9 Å². The first kappa shape index (κ1) is 14.5. The Balaban J connectivity index is 2.51. The second-order valence-electron chi connectivity index (χ2n) is 4.28. The zero-order valence-corrected chi connectivity index (χ0v) is 11.0. The smallest absolute Gasteiger partial charge is 0.239 e. The van der Waals surface area contributed by atoms with E-state index in [2.05, 4.69) is 18.7 Å². The molecule has 0 heterocycles. The molecule has 0 bridgehead atoms. The van der Waals surface area contributed by atoms with Gasteiger partial charge in [-0.15, -0.1) is 6.58 Å². The summed E-state index contributed by atoms with van der Waals surface area (Å²) in [5.74, 6) is 0.00771. The maximum atomic E-state index is 12.0. The van der Waals surface area contributed by atoms with Gasteiger partial charge in [0.15, 0.2) is 0 Å². The van der Waals surface area contributed by atoms with Crippen LogP contribution in [0.15, 0.2) is 43.0 Å². The highest BCUT2D eigenvalue weighted by Gasteiger charge is 2.18. The number of nitrogens with zero attached hydrogens (tertiary/aromatic N) is 1. The number of hydrogen-bond acceptors (Lipinski definition) is 2. The fraction of sp³-hybridized carbons (Fsp3) is 0.400. The van der Waals surface area contributed by atoms with Gasteiger partial charge in [-0.3, -0.25) is 4.79 Å². The van der Waals surface area contributed by atoms with Crippen LogP contribution in [-0.2, 0) is 11.2 Å². The normalized spacial score (nSPS) is 11.9. The summed E-state index contributed by atoms with van der Waals surface area (Å²) in [7, 11) is 0. The molecule has 1 rings (SSSR count). The molecule has 98 valence electrons. The van der Waals surface area contributed by atoms with Gasteiger partial charge in [0.2, 0.25) is 5.91 Å². The van der Waals surface area contributed by atoms with Crippen LogP contribution in [0, 0.1) is 0 Å². The van der Waals surface area contributed by atoms with Gasteiger partial charge in [0.25, 0.3) is 0 Å². The minimum absolute atomic E-state index is 0.00771. The van der Waals surface area contributed by atoms with Gasteiger partial charge in [-0.05, 0) is 25.3 Å². The van der Waals surface area contributed by atoms with E-state index in [0.29, 0.717) is 19.5 Å². The molecular formula is C15H22N2O. The summed E-state index contributed by atoms with van der Waals surface area (Å²) in [6.07, 6.45) is 3.08. The summed E-state index contributed by atoms with van der Waals surface area (Å²) in [5.41, 5.74) is 7.05. The minimum Gasteiger partial charge on any atom is -0.341 e. The zero-order chi connectivity index (χ0) is 13.4. The molecular weight excluding hydrogens is 224 g/mol. The lowest BCUT2D eigenvalue weighted by Gasteiger charge is -2.23. The van der Waals surface area contributed by atoms with Crippen LogP contribution >= 0.6 is 0 Å². The number of hydrogen-bond donors (Lipinski definition) is 1. The third-order valence-corrected chi connectivity index (χ3v) is 2.94. The predicted octanol–water partition coefficient (Wildman–Crippen LogP) is 1.98. The van der Waals surface area contributed by atoms with E-state index in [1.807, 2.05) is 25.1 Å². The molecule has 1 unspecified atom stereocenters. The monoisotopic (exact) mass is 246 g/mol. The molecule has 0 aromatic heterocycles. The highest BCUT2D eigenvalue weighted by atomic mass is 16.2. The number of carbonyl (C=O) groups is 1. The summed E-state index contributed by atoms with van der Waals surface area (Å²) >= 11 is 0. The molecule has 3 nitrogen and oxygen atoms in total. The SMILES string of the molecule is C=CCC(N)C(=O)N(CC)CCc1ccccc1. The van der Waals surface area contributed by atoms with Gasteiger partial charge in [0.1, 0.15) is 0 Å². The minimum atomic E-state index is -0.460. The molecule has 1 aromatic rings. The molecule has 1 atom stereocenters. The van der Waals surface area contributed by atoms with Crippen molar-refractivity contribution in [3.05, 3.63) is 48.6 Å². The van der Waals surface area contributed by atoms with Crippen LogP contribution in [0.4, 0.5) is 0 Å². The van der Waals surface area contributed by atoms with Crippen LogP contribution < -0.4 is 5.73 Å². The highest BCUT2D eigenvalue weighted by Crippen LogP contribution is 2.04. The van der Waals surface area contributed by atoms with E-state index < -0.39 is 6.04 Å². The fourth-order valence-corrected chi connectivity index (χ4v) is 1.85. The van der Waals surface area contributed by atoms with Crippen molar-refractivity contribution in [2.75, 3.05) is 13.1 Å². The molecule has 0 radical (unpaired) electrons. The van der Waals surface area contributed by atoms with E-state index in [-0.39, 0.29) is 5.91 Å². The van der Waals surface area contributed by atoms with Crippen molar-refractivity contribution in [2.24, 2.45) is 5.73 Å². The Bertz CT molecular complexity index is 375. The van der Waals surface area contributed by atoms with Crippen LogP contribution in [-0.4, -0.2) is 29.9 Å². The standard InChI is InChI=1S/C15H22N2O/c1-3-8-14(16)15(18)17(4-2)12-11-13-9-6-5-7-10-13/h3,5-7,9-10,14H,1,4,8,11-12,16H2,2H3. The highest BCUT2D eigenvalue weighted by molar-refractivity contribution is 5.81. The third kappa shape index (κ3) is 4.34. The van der Waals surface area contributed by atoms with E-state index in [1.54, 1.807) is 11.0 Å². The number of rotatable bonds is 7. The summed E-state index contributed by atoms with van der Waals surface area (Å²) in [6.45, 7) is 6.99. The third-order valence-electron chi connectivity index (χ3n) is 2.94. The van der Waals surface area contributed by atoms with Crippen molar-refractivity contribution in [2.45, 2.75) is 25.8 Å². The fourth-order valence-electron chi connectivity index (χ4n) is 1.85. The van der Waals surface area contributed by atoms with Crippen LogP contribution in [0.25, 0.3) is 0 Å². The maximum Gasteiger partial charge on any atom is 0.239 e. The molecule has 0 aliphatic heterocycles. The molecule has 0 fully saturated rings. The van der Waals surface area contributed by atoms with Crippen LogP contribution in [0.5, 0.6) is 0 Å². The average Bonchev–Trinajstić information content (AvgIpc) is 2.40. The summed E-state index contributed by atoms with van der Waals surface area (Å²) in [6, 6.07) is 9.70. The van der Waals surface area contributed by atoms with Gasteiger partial charge in [0, 0.05) is 13.1 Å². The van der Waals surface area contributed by atoms with Crippen LogP contribution in [0.2, 0.25) is 0 Å².